The van der Waals surface area contributed by atoms with Gasteiger partial charge in [-0.05, 0) is 0 Å². The number of aromatic nitrogens is 5. The van der Waals surface area contributed by atoms with Crippen molar-refractivity contribution in [2.45, 2.75) is 13.0 Å². The van der Waals surface area contributed by atoms with Gasteiger partial charge in [0.1, 0.15) is 29.7 Å². The van der Waals surface area contributed by atoms with E-state index in [0.29, 0.717) is 29.9 Å². The van der Waals surface area contributed by atoms with Crippen LogP contribution in [0.5, 0.6) is 0 Å². The lowest BCUT2D eigenvalue weighted by Crippen LogP contribution is -2.11. The molecule has 2 heterocycles. The number of hydrogen-bond donors (Lipinski definition) is 1. The van der Waals surface area contributed by atoms with Gasteiger partial charge in [-0.3, -0.25) is 0 Å². The van der Waals surface area contributed by atoms with Crippen molar-refractivity contribution in [2.75, 3.05) is 19.0 Å². The number of rotatable bonds is 6. The Morgan fingerprint density at radius 2 is 2.26 bits per heavy atom. The summed E-state index contributed by atoms with van der Waals surface area (Å²) in [5.74, 6) is 2.13. The van der Waals surface area contributed by atoms with Crippen LogP contribution in [-0.4, -0.2) is 38.4 Å². The monoisotopic (exact) mass is 282 g/mol. The van der Waals surface area contributed by atoms with Gasteiger partial charge in [0.05, 0.1) is 0 Å². The number of hydrogen-bond acceptors (Lipinski definition) is 6. The van der Waals surface area contributed by atoms with Gasteiger partial charge in [0.15, 0.2) is 5.82 Å². The third-order valence-corrected chi connectivity index (χ3v) is 2.67. The molecule has 0 amide bonds. The molecular weight excluding hydrogens is 268 g/mol. The smallest absolute Gasteiger partial charge is 0.158 e. The Morgan fingerprint density at radius 3 is 2.95 bits per heavy atom. The molecular formula is C11H15ClN6O. The zero-order valence-electron chi connectivity index (χ0n) is 10.8. The molecule has 0 aromatic carbocycles. The summed E-state index contributed by atoms with van der Waals surface area (Å²) in [7, 11) is 3.50. The van der Waals surface area contributed by atoms with Gasteiger partial charge >= 0.3 is 0 Å². The van der Waals surface area contributed by atoms with Crippen molar-refractivity contribution < 1.29 is 4.74 Å². The molecule has 8 heteroatoms. The van der Waals surface area contributed by atoms with Crippen LogP contribution in [0.15, 0.2) is 12.4 Å². The first-order valence-electron chi connectivity index (χ1n) is 5.78. The predicted octanol–water partition coefficient (Wildman–Crippen LogP) is 1.06. The van der Waals surface area contributed by atoms with Crippen molar-refractivity contribution in [1.82, 2.24) is 24.7 Å². The van der Waals surface area contributed by atoms with Crippen LogP contribution in [0.25, 0.3) is 0 Å². The molecule has 2 aromatic heterocycles. The Balaban J connectivity index is 1.94. The van der Waals surface area contributed by atoms with Crippen molar-refractivity contribution in [3.63, 3.8) is 0 Å². The number of nitrogens with one attached hydrogen (secondary N) is 1. The standard InChI is InChI=1S/C11H15ClN6O/c1-18-7-14-17-11(18)3-4-13-9-5-8(12)15-10(16-9)6-19-2/h5,7H,3-4,6H2,1-2H3,(H,13,15,16). The highest BCUT2D eigenvalue weighted by Gasteiger charge is 2.04. The first kappa shape index (κ1) is 13.7. The minimum Gasteiger partial charge on any atom is -0.377 e. The number of anilines is 1. The van der Waals surface area contributed by atoms with Gasteiger partial charge in [-0.15, -0.1) is 10.2 Å². The minimum absolute atomic E-state index is 0.332. The Kier molecular flexibility index (Phi) is 4.64. The summed E-state index contributed by atoms with van der Waals surface area (Å²) >= 11 is 5.92. The average Bonchev–Trinajstić information content (AvgIpc) is 2.75. The van der Waals surface area contributed by atoms with Gasteiger partial charge in [-0.25, -0.2) is 9.97 Å². The van der Waals surface area contributed by atoms with Gasteiger partial charge in [-0.2, -0.15) is 0 Å². The molecule has 2 aromatic rings. The Labute approximate surface area is 116 Å². The normalized spacial score (nSPS) is 10.7. The highest BCUT2D eigenvalue weighted by molar-refractivity contribution is 6.29. The largest absolute Gasteiger partial charge is 0.377 e. The molecule has 102 valence electrons. The third kappa shape index (κ3) is 3.87. The molecule has 0 fully saturated rings. The van der Waals surface area contributed by atoms with Crippen LogP contribution in [0.3, 0.4) is 0 Å². The van der Waals surface area contributed by atoms with E-state index >= 15 is 0 Å². The molecule has 1 N–H and O–H groups in total. The van der Waals surface area contributed by atoms with Crippen molar-refractivity contribution in [3.8, 4) is 0 Å². The topological polar surface area (TPSA) is 77.8 Å². The number of aryl methyl sites for hydroxylation is 1. The molecule has 0 bridgehead atoms. The lowest BCUT2D eigenvalue weighted by Gasteiger charge is -2.07. The Morgan fingerprint density at radius 1 is 1.42 bits per heavy atom. The maximum Gasteiger partial charge on any atom is 0.158 e. The van der Waals surface area contributed by atoms with Crippen LogP contribution < -0.4 is 5.32 Å². The van der Waals surface area contributed by atoms with E-state index in [1.165, 1.54) is 0 Å². The van der Waals surface area contributed by atoms with E-state index in [4.69, 9.17) is 16.3 Å². The summed E-state index contributed by atoms with van der Waals surface area (Å²) in [6.07, 6.45) is 2.42. The average molecular weight is 283 g/mol. The molecule has 0 atom stereocenters. The summed E-state index contributed by atoms with van der Waals surface area (Å²) in [4.78, 5) is 8.35. The van der Waals surface area contributed by atoms with E-state index in [1.54, 1.807) is 19.5 Å². The molecule has 0 unspecified atom stereocenters. The first-order valence-corrected chi connectivity index (χ1v) is 6.16. The Hall–Kier alpha value is -1.73. The summed E-state index contributed by atoms with van der Waals surface area (Å²) < 4.78 is 6.86. The molecule has 0 aliphatic rings. The van der Waals surface area contributed by atoms with Crippen molar-refractivity contribution in [1.29, 1.82) is 0 Å². The van der Waals surface area contributed by atoms with Crippen molar-refractivity contribution >= 4 is 17.4 Å². The van der Waals surface area contributed by atoms with Crippen LogP contribution in [0, 0.1) is 0 Å². The first-order chi connectivity index (χ1) is 9.19. The lowest BCUT2D eigenvalue weighted by atomic mass is 10.4. The summed E-state index contributed by atoms with van der Waals surface area (Å²) in [5.41, 5.74) is 0. The third-order valence-electron chi connectivity index (χ3n) is 2.47. The molecule has 0 saturated heterocycles. The minimum atomic E-state index is 0.332. The highest BCUT2D eigenvalue weighted by Crippen LogP contribution is 2.12. The van der Waals surface area contributed by atoms with E-state index in [-0.39, 0.29) is 0 Å². The highest BCUT2D eigenvalue weighted by atomic mass is 35.5. The zero-order chi connectivity index (χ0) is 13.7. The van der Waals surface area contributed by atoms with Crippen LogP contribution in [0.1, 0.15) is 11.6 Å². The molecule has 0 aliphatic carbocycles. The maximum atomic E-state index is 5.92. The second-order valence-electron chi connectivity index (χ2n) is 3.96. The van der Waals surface area contributed by atoms with Crippen molar-refractivity contribution in [2.24, 2.45) is 7.05 Å². The Bertz CT molecular complexity index is 544. The number of ether oxygens (including phenoxy) is 1. The SMILES string of the molecule is COCc1nc(Cl)cc(NCCc2nncn2C)n1. The van der Waals surface area contributed by atoms with Gasteiger partial charge in [0.25, 0.3) is 0 Å². The molecule has 2 rings (SSSR count). The van der Waals surface area contributed by atoms with E-state index < -0.39 is 0 Å². The molecule has 7 nitrogen and oxygen atoms in total. The van der Waals surface area contributed by atoms with Crippen LogP contribution in [0.4, 0.5) is 5.82 Å². The van der Waals surface area contributed by atoms with Crippen LogP contribution in [0.2, 0.25) is 5.15 Å². The molecule has 0 radical (unpaired) electrons. The molecule has 0 saturated carbocycles. The lowest BCUT2D eigenvalue weighted by molar-refractivity contribution is 0.178. The second-order valence-corrected chi connectivity index (χ2v) is 4.35. The zero-order valence-corrected chi connectivity index (χ0v) is 11.6. The van der Waals surface area contributed by atoms with Gasteiger partial charge in [-0.1, -0.05) is 11.6 Å². The number of nitrogens with zero attached hydrogens (tertiary/aromatic N) is 5. The molecule has 0 spiro atoms. The van der Waals surface area contributed by atoms with Crippen LogP contribution in [-0.2, 0) is 24.8 Å². The maximum absolute atomic E-state index is 5.92. The fourth-order valence-corrected chi connectivity index (χ4v) is 1.79. The quantitative estimate of drug-likeness (QED) is 0.798. The number of methoxy groups -OCH3 is 1. The predicted molar refractivity (Wildman–Crippen MR) is 71.0 cm³/mol. The molecule has 0 aliphatic heterocycles. The van der Waals surface area contributed by atoms with E-state index in [9.17, 15) is 0 Å². The van der Waals surface area contributed by atoms with E-state index in [1.807, 2.05) is 11.6 Å². The van der Waals surface area contributed by atoms with E-state index in [0.717, 1.165) is 12.2 Å². The van der Waals surface area contributed by atoms with Gasteiger partial charge in [0, 0.05) is 33.2 Å². The van der Waals surface area contributed by atoms with Crippen LogP contribution >= 0.6 is 11.6 Å². The second kappa shape index (κ2) is 6.44. The van der Waals surface area contributed by atoms with Gasteiger partial charge < -0.3 is 14.6 Å². The summed E-state index contributed by atoms with van der Waals surface area (Å²) in [6, 6.07) is 1.68. The van der Waals surface area contributed by atoms with Crippen molar-refractivity contribution in [3.05, 3.63) is 29.2 Å². The fraction of sp³-hybridized carbons (Fsp3) is 0.455. The van der Waals surface area contributed by atoms with Gasteiger partial charge in [0.2, 0.25) is 0 Å². The summed E-state index contributed by atoms with van der Waals surface area (Å²) in [6.45, 7) is 1.02. The fourth-order valence-electron chi connectivity index (χ4n) is 1.58. The molecule has 19 heavy (non-hydrogen) atoms. The van der Waals surface area contributed by atoms with E-state index in [2.05, 4.69) is 25.5 Å². The summed E-state index contributed by atoms with van der Waals surface area (Å²) in [5, 5.41) is 11.4. The number of halogens is 1.